The van der Waals surface area contributed by atoms with E-state index in [4.69, 9.17) is 0 Å². The van der Waals surface area contributed by atoms with Gasteiger partial charge in [0.1, 0.15) is 0 Å². The summed E-state index contributed by atoms with van der Waals surface area (Å²) in [5.74, 6) is 0. The molecule has 0 unspecified atom stereocenters. The Morgan fingerprint density at radius 3 is 2.22 bits per heavy atom. The predicted octanol–water partition coefficient (Wildman–Crippen LogP) is 4.35. The molecule has 102 valence electrons. The molecule has 3 heteroatoms. The van der Waals surface area contributed by atoms with E-state index in [1.807, 2.05) is 6.07 Å². The molecule has 18 heavy (non-hydrogen) atoms. The van der Waals surface area contributed by atoms with Crippen molar-refractivity contribution in [1.82, 2.24) is 0 Å². The van der Waals surface area contributed by atoms with Gasteiger partial charge in [0, 0.05) is 28.8 Å². The molecular weight excluding hydrogens is 290 g/mol. The molecule has 0 spiro atoms. The van der Waals surface area contributed by atoms with E-state index >= 15 is 0 Å². The molecule has 0 bridgehead atoms. The lowest BCUT2D eigenvalue weighted by Gasteiger charge is -2.27. The Morgan fingerprint density at radius 1 is 1.11 bits per heavy atom. The smallest absolute Gasteiger partial charge is 0.0702 e. The van der Waals surface area contributed by atoms with Gasteiger partial charge in [-0.3, -0.25) is 0 Å². The van der Waals surface area contributed by atoms with E-state index in [2.05, 4.69) is 46.8 Å². The van der Waals surface area contributed by atoms with Crippen molar-refractivity contribution < 1.29 is 5.11 Å². The fourth-order valence-corrected chi connectivity index (χ4v) is 2.45. The van der Waals surface area contributed by atoms with Crippen molar-refractivity contribution >= 4 is 21.6 Å². The molecule has 1 N–H and O–H groups in total. The highest BCUT2D eigenvalue weighted by molar-refractivity contribution is 9.10. The first kappa shape index (κ1) is 15.5. The standard InChI is InChI=1S/C15H24BrNO/c1-3-5-9-17(10-6-4-2)15-8-7-14(16)11-13(15)12-18/h7-8,11,18H,3-6,9-10,12H2,1-2H3. The zero-order valence-corrected chi connectivity index (χ0v) is 13.0. The molecule has 0 saturated carbocycles. The number of aliphatic hydroxyl groups excluding tert-OH is 1. The number of hydrogen-bond acceptors (Lipinski definition) is 2. The molecule has 0 aliphatic rings. The molecule has 1 rings (SSSR count). The first-order valence-electron chi connectivity index (χ1n) is 6.87. The predicted molar refractivity (Wildman–Crippen MR) is 82.1 cm³/mol. The molecule has 0 heterocycles. The van der Waals surface area contributed by atoms with Gasteiger partial charge in [0.15, 0.2) is 0 Å². The van der Waals surface area contributed by atoms with Gasteiger partial charge in [-0.2, -0.15) is 0 Å². The summed E-state index contributed by atoms with van der Waals surface area (Å²) in [4.78, 5) is 2.41. The van der Waals surface area contributed by atoms with Gasteiger partial charge in [-0.1, -0.05) is 42.6 Å². The Bertz CT molecular complexity index is 346. The van der Waals surface area contributed by atoms with Crippen LogP contribution in [0.1, 0.15) is 45.1 Å². The van der Waals surface area contributed by atoms with E-state index in [1.165, 1.54) is 31.4 Å². The van der Waals surface area contributed by atoms with E-state index in [0.29, 0.717) is 0 Å². The van der Waals surface area contributed by atoms with Crippen molar-refractivity contribution in [2.75, 3.05) is 18.0 Å². The highest BCUT2D eigenvalue weighted by Gasteiger charge is 2.10. The second kappa shape index (κ2) is 8.54. The number of hydrogen-bond donors (Lipinski definition) is 1. The van der Waals surface area contributed by atoms with Crippen LogP contribution in [-0.2, 0) is 6.61 Å². The lowest BCUT2D eigenvalue weighted by atomic mass is 10.1. The van der Waals surface area contributed by atoms with E-state index < -0.39 is 0 Å². The number of aliphatic hydroxyl groups is 1. The maximum absolute atomic E-state index is 9.50. The normalized spacial score (nSPS) is 10.7. The van der Waals surface area contributed by atoms with Crippen molar-refractivity contribution in [2.45, 2.75) is 46.1 Å². The summed E-state index contributed by atoms with van der Waals surface area (Å²) in [5.41, 5.74) is 2.19. The number of nitrogens with zero attached hydrogens (tertiary/aromatic N) is 1. The molecule has 0 radical (unpaired) electrons. The minimum Gasteiger partial charge on any atom is -0.392 e. The topological polar surface area (TPSA) is 23.5 Å². The third-order valence-corrected chi connectivity index (χ3v) is 3.61. The third kappa shape index (κ3) is 4.62. The van der Waals surface area contributed by atoms with E-state index in [-0.39, 0.29) is 6.61 Å². The van der Waals surface area contributed by atoms with Gasteiger partial charge in [-0.15, -0.1) is 0 Å². The molecule has 0 aromatic heterocycles. The van der Waals surface area contributed by atoms with Crippen molar-refractivity contribution in [3.05, 3.63) is 28.2 Å². The molecule has 0 aliphatic carbocycles. The SMILES string of the molecule is CCCCN(CCCC)c1ccc(Br)cc1CO. The van der Waals surface area contributed by atoms with E-state index in [0.717, 1.165) is 23.1 Å². The van der Waals surface area contributed by atoms with Gasteiger partial charge in [0.2, 0.25) is 0 Å². The second-order valence-electron chi connectivity index (χ2n) is 4.63. The van der Waals surface area contributed by atoms with Gasteiger partial charge in [-0.05, 0) is 31.0 Å². The number of benzene rings is 1. The number of halogens is 1. The van der Waals surface area contributed by atoms with Gasteiger partial charge in [-0.25, -0.2) is 0 Å². The molecule has 0 atom stereocenters. The van der Waals surface area contributed by atoms with Crippen LogP contribution in [0, 0.1) is 0 Å². The van der Waals surface area contributed by atoms with Gasteiger partial charge >= 0.3 is 0 Å². The number of unbranched alkanes of at least 4 members (excludes halogenated alkanes) is 2. The zero-order valence-electron chi connectivity index (χ0n) is 11.5. The lowest BCUT2D eigenvalue weighted by molar-refractivity contribution is 0.282. The highest BCUT2D eigenvalue weighted by atomic mass is 79.9. The largest absolute Gasteiger partial charge is 0.392 e. The van der Waals surface area contributed by atoms with Gasteiger partial charge < -0.3 is 10.0 Å². The van der Waals surface area contributed by atoms with E-state index in [9.17, 15) is 5.11 Å². The second-order valence-corrected chi connectivity index (χ2v) is 5.54. The highest BCUT2D eigenvalue weighted by Crippen LogP contribution is 2.25. The molecule has 0 aliphatic heterocycles. The van der Waals surface area contributed by atoms with Crippen LogP contribution in [0.2, 0.25) is 0 Å². The lowest BCUT2D eigenvalue weighted by Crippen LogP contribution is -2.26. The van der Waals surface area contributed by atoms with Crippen LogP contribution in [0.4, 0.5) is 5.69 Å². The fraction of sp³-hybridized carbons (Fsp3) is 0.600. The Hall–Kier alpha value is -0.540. The molecule has 0 fully saturated rings. The summed E-state index contributed by atoms with van der Waals surface area (Å²) in [6.45, 7) is 6.68. The first-order valence-corrected chi connectivity index (χ1v) is 7.66. The minimum atomic E-state index is 0.101. The van der Waals surface area contributed by atoms with E-state index in [1.54, 1.807) is 0 Å². The fourth-order valence-electron chi connectivity index (χ4n) is 2.04. The van der Waals surface area contributed by atoms with Gasteiger partial charge in [0.25, 0.3) is 0 Å². The quantitative estimate of drug-likeness (QED) is 0.771. The molecular formula is C15H24BrNO. The Kier molecular flexibility index (Phi) is 7.36. The maximum Gasteiger partial charge on any atom is 0.0702 e. The van der Waals surface area contributed by atoms with Gasteiger partial charge in [0.05, 0.1) is 6.61 Å². The van der Waals surface area contributed by atoms with Crippen molar-refractivity contribution in [1.29, 1.82) is 0 Å². The number of rotatable bonds is 8. The van der Waals surface area contributed by atoms with Crippen LogP contribution in [0.5, 0.6) is 0 Å². The molecule has 2 nitrogen and oxygen atoms in total. The summed E-state index contributed by atoms with van der Waals surface area (Å²) < 4.78 is 1.03. The summed E-state index contributed by atoms with van der Waals surface area (Å²) in [7, 11) is 0. The van der Waals surface area contributed by atoms with Crippen LogP contribution in [0.25, 0.3) is 0 Å². The van der Waals surface area contributed by atoms with Crippen LogP contribution in [0.3, 0.4) is 0 Å². The van der Waals surface area contributed by atoms with Crippen LogP contribution in [-0.4, -0.2) is 18.2 Å². The summed E-state index contributed by atoms with van der Waals surface area (Å²) >= 11 is 3.46. The molecule has 0 saturated heterocycles. The maximum atomic E-state index is 9.50. The first-order chi connectivity index (χ1) is 8.72. The Morgan fingerprint density at radius 2 is 1.72 bits per heavy atom. The number of anilines is 1. The Balaban J connectivity index is 2.88. The van der Waals surface area contributed by atoms with Crippen LogP contribution in [0.15, 0.2) is 22.7 Å². The Labute approximate surface area is 119 Å². The van der Waals surface area contributed by atoms with Crippen molar-refractivity contribution in [3.8, 4) is 0 Å². The molecule has 1 aromatic carbocycles. The minimum absolute atomic E-state index is 0.101. The average molecular weight is 314 g/mol. The molecule has 0 amide bonds. The van der Waals surface area contributed by atoms with Crippen molar-refractivity contribution in [2.24, 2.45) is 0 Å². The average Bonchev–Trinajstić information content (AvgIpc) is 2.39. The molecule has 1 aromatic rings. The van der Waals surface area contributed by atoms with Crippen LogP contribution < -0.4 is 4.90 Å². The zero-order chi connectivity index (χ0) is 13.4. The van der Waals surface area contributed by atoms with Crippen molar-refractivity contribution in [3.63, 3.8) is 0 Å². The summed E-state index contributed by atoms with van der Waals surface area (Å²) in [6.07, 6.45) is 4.80. The summed E-state index contributed by atoms with van der Waals surface area (Å²) in [6, 6.07) is 6.18. The van der Waals surface area contributed by atoms with Crippen LogP contribution >= 0.6 is 15.9 Å². The summed E-state index contributed by atoms with van der Waals surface area (Å²) in [5, 5.41) is 9.50. The monoisotopic (exact) mass is 313 g/mol. The third-order valence-electron chi connectivity index (χ3n) is 3.12.